The minimum atomic E-state index is -3.56. The third kappa shape index (κ3) is 4.25. The fourth-order valence-electron chi connectivity index (χ4n) is 2.82. The van der Waals surface area contributed by atoms with E-state index in [1.807, 2.05) is 0 Å². The molecule has 0 saturated heterocycles. The summed E-state index contributed by atoms with van der Waals surface area (Å²) in [6.45, 7) is 2.85. The number of amides is 2. The number of rotatable bonds is 5. The van der Waals surface area contributed by atoms with Gasteiger partial charge in [0.05, 0.1) is 18.0 Å². The van der Waals surface area contributed by atoms with Gasteiger partial charge < -0.3 is 15.4 Å². The Balaban J connectivity index is 1.78. The second-order valence-corrected chi connectivity index (χ2v) is 8.44. The maximum Gasteiger partial charge on any atom is 0.267 e. The number of anilines is 3. The van der Waals surface area contributed by atoms with Crippen LogP contribution in [-0.4, -0.2) is 38.6 Å². The molecule has 2 aromatic carbocycles. The van der Waals surface area contributed by atoms with Gasteiger partial charge in [-0.1, -0.05) is 12.1 Å². The van der Waals surface area contributed by atoms with E-state index in [4.69, 9.17) is 4.74 Å². The van der Waals surface area contributed by atoms with Crippen molar-refractivity contribution in [3.05, 3.63) is 48.5 Å². The molecule has 2 aromatic rings. The third-order valence-corrected chi connectivity index (χ3v) is 5.95. The number of nitrogens with one attached hydrogen (secondary N) is 2. The van der Waals surface area contributed by atoms with Crippen LogP contribution in [0.4, 0.5) is 17.1 Å². The molecule has 1 atom stereocenters. The van der Waals surface area contributed by atoms with Crippen LogP contribution >= 0.6 is 0 Å². The lowest BCUT2D eigenvalue weighted by molar-refractivity contribution is -0.122. The molecule has 0 aromatic heterocycles. The number of carbonyl (C=O) groups excluding carboxylic acids is 2. The predicted molar refractivity (Wildman–Crippen MR) is 107 cm³/mol. The standard InChI is InChI=1S/C19H21N3O5S/c1-3-28(25,26)22-12-18(27-17-7-5-4-6-16(17)22)19(24)21-15-10-8-14(9-11-15)20-13(2)23/h4-11,18H,3,12H2,1-2H3,(H,20,23)(H,21,24)/t18-/m0/s1. The number of nitrogens with zero attached hydrogens (tertiary/aromatic N) is 1. The molecule has 1 heterocycles. The number of sulfonamides is 1. The van der Waals surface area contributed by atoms with Gasteiger partial charge in [0.15, 0.2) is 6.10 Å². The molecule has 148 valence electrons. The highest BCUT2D eigenvalue weighted by Crippen LogP contribution is 2.35. The Morgan fingerprint density at radius 1 is 1.07 bits per heavy atom. The molecule has 0 saturated carbocycles. The monoisotopic (exact) mass is 403 g/mol. The summed E-state index contributed by atoms with van der Waals surface area (Å²) in [7, 11) is -3.56. The molecule has 2 N–H and O–H groups in total. The summed E-state index contributed by atoms with van der Waals surface area (Å²) >= 11 is 0. The van der Waals surface area contributed by atoms with Crippen molar-refractivity contribution in [2.75, 3.05) is 27.2 Å². The van der Waals surface area contributed by atoms with Gasteiger partial charge in [0.25, 0.3) is 5.91 Å². The first-order chi connectivity index (χ1) is 13.3. The minimum Gasteiger partial charge on any atom is -0.476 e. The van der Waals surface area contributed by atoms with Crippen molar-refractivity contribution in [2.24, 2.45) is 0 Å². The fourth-order valence-corrected chi connectivity index (χ4v) is 3.95. The Morgan fingerprint density at radius 3 is 2.29 bits per heavy atom. The Hall–Kier alpha value is -3.07. The number of hydrogen-bond acceptors (Lipinski definition) is 5. The normalized spacial score (nSPS) is 15.9. The van der Waals surface area contributed by atoms with E-state index in [1.54, 1.807) is 55.5 Å². The van der Waals surface area contributed by atoms with E-state index in [0.717, 1.165) is 0 Å². The summed E-state index contributed by atoms with van der Waals surface area (Å²) in [6.07, 6.45) is -0.994. The lowest BCUT2D eigenvalue weighted by Gasteiger charge is -2.34. The average molecular weight is 403 g/mol. The molecular weight excluding hydrogens is 382 g/mol. The van der Waals surface area contributed by atoms with E-state index in [1.165, 1.54) is 11.2 Å². The molecule has 1 aliphatic rings. The number of para-hydroxylation sites is 2. The first-order valence-corrected chi connectivity index (χ1v) is 10.4. The molecule has 28 heavy (non-hydrogen) atoms. The van der Waals surface area contributed by atoms with Crippen LogP contribution in [0.2, 0.25) is 0 Å². The fraction of sp³-hybridized carbons (Fsp3) is 0.263. The molecule has 0 spiro atoms. The number of hydrogen-bond donors (Lipinski definition) is 2. The zero-order valence-electron chi connectivity index (χ0n) is 15.5. The van der Waals surface area contributed by atoms with Gasteiger partial charge in [0.2, 0.25) is 15.9 Å². The van der Waals surface area contributed by atoms with Gasteiger partial charge in [0, 0.05) is 18.3 Å². The van der Waals surface area contributed by atoms with Crippen LogP contribution < -0.4 is 19.7 Å². The van der Waals surface area contributed by atoms with Gasteiger partial charge in [0.1, 0.15) is 5.75 Å². The van der Waals surface area contributed by atoms with Crippen LogP contribution in [0.3, 0.4) is 0 Å². The topological polar surface area (TPSA) is 105 Å². The molecular formula is C19H21N3O5S. The largest absolute Gasteiger partial charge is 0.476 e. The van der Waals surface area contributed by atoms with Crippen molar-refractivity contribution < 1.29 is 22.7 Å². The van der Waals surface area contributed by atoms with Gasteiger partial charge in [-0.05, 0) is 43.3 Å². The number of benzene rings is 2. The van der Waals surface area contributed by atoms with E-state index < -0.39 is 22.0 Å². The van der Waals surface area contributed by atoms with Gasteiger partial charge in [-0.25, -0.2) is 8.42 Å². The maximum absolute atomic E-state index is 12.7. The van der Waals surface area contributed by atoms with Crippen molar-refractivity contribution in [1.29, 1.82) is 0 Å². The molecule has 0 bridgehead atoms. The zero-order chi connectivity index (χ0) is 20.3. The van der Waals surface area contributed by atoms with Gasteiger partial charge in [-0.3, -0.25) is 13.9 Å². The van der Waals surface area contributed by atoms with Crippen LogP contribution in [0.1, 0.15) is 13.8 Å². The molecule has 1 aliphatic heterocycles. The molecule has 0 radical (unpaired) electrons. The second kappa shape index (κ2) is 7.89. The van der Waals surface area contributed by atoms with Crippen molar-refractivity contribution >= 4 is 38.9 Å². The lowest BCUT2D eigenvalue weighted by Crippen LogP contribution is -2.49. The van der Waals surface area contributed by atoms with E-state index in [0.29, 0.717) is 22.8 Å². The lowest BCUT2D eigenvalue weighted by atomic mass is 10.2. The van der Waals surface area contributed by atoms with Crippen molar-refractivity contribution in [3.63, 3.8) is 0 Å². The predicted octanol–water partition coefficient (Wildman–Crippen LogP) is 2.20. The number of ether oxygens (including phenoxy) is 1. The summed E-state index contributed by atoms with van der Waals surface area (Å²) in [5.74, 6) is -0.395. The zero-order valence-corrected chi connectivity index (χ0v) is 16.3. The molecule has 3 rings (SSSR count). The molecule has 0 fully saturated rings. The van der Waals surface area contributed by atoms with Crippen molar-refractivity contribution in [1.82, 2.24) is 0 Å². The number of fused-ring (bicyclic) bond motifs is 1. The van der Waals surface area contributed by atoms with Crippen LogP contribution in [-0.2, 0) is 19.6 Å². The van der Waals surface area contributed by atoms with E-state index in [9.17, 15) is 18.0 Å². The molecule has 0 aliphatic carbocycles. The average Bonchev–Trinajstić information content (AvgIpc) is 2.68. The molecule has 0 unspecified atom stereocenters. The highest BCUT2D eigenvalue weighted by atomic mass is 32.2. The molecule has 8 nitrogen and oxygen atoms in total. The van der Waals surface area contributed by atoms with Crippen LogP contribution in [0.25, 0.3) is 0 Å². The third-order valence-electron chi connectivity index (χ3n) is 4.20. The van der Waals surface area contributed by atoms with E-state index in [2.05, 4.69) is 10.6 Å². The second-order valence-electron chi connectivity index (χ2n) is 6.25. The van der Waals surface area contributed by atoms with Crippen molar-refractivity contribution in [2.45, 2.75) is 20.0 Å². The Labute approximate surface area is 163 Å². The molecule has 9 heteroatoms. The molecule has 2 amide bonds. The highest BCUT2D eigenvalue weighted by molar-refractivity contribution is 7.92. The smallest absolute Gasteiger partial charge is 0.267 e. The Morgan fingerprint density at radius 2 is 1.68 bits per heavy atom. The SMILES string of the molecule is CCS(=O)(=O)N1C[C@@H](C(=O)Nc2ccc(NC(C)=O)cc2)Oc2ccccc21. The summed E-state index contributed by atoms with van der Waals surface area (Å²) in [5.41, 5.74) is 1.54. The van der Waals surface area contributed by atoms with Gasteiger partial charge in [-0.15, -0.1) is 0 Å². The Kier molecular flexibility index (Phi) is 5.55. The van der Waals surface area contributed by atoms with Gasteiger partial charge in [-0.2, -0.15) is 0 Å². The first-order valence-electron chi connectivity index (χ1n) is 8.75. The van der Waals surface area contributed by atoms with Crippen LogP contribution in [0.15, 0.2) is 48.5 Å². The summed E-state index contributed by atoms with van der Waals surface area (Å²) in [5, 5.41) is 5.35. The van der Waals surface area contributed by atoms with E-state index >= 15 is 0 Å². The van der Waals surface area contributed by atoms with Crippen LogP contribution in [0, 0.1) is 0 Å². The minimum absolute atomic E-state index is 0.0831. The summed E-state index contributed by atoms with van der Waals surface area (Å²) in [6, 6.07) is 13.3. The number of carbonyl (C=O) groups is 2. The van der Waals surface area contributed by atoms with Crippen molar-refractivity contribution in [3.8, 4) is 5.75 Å². The van der Waals surface area contributed by atoms with Gasteiger partial charge >= 0.3 is 0 Å². The van der Waals surface area contributed by atoms with Crippen LogP contribution in [0.5, 0.6) is 5.75 Å². The summed E-state index contributed by atoms with van der Waals surface area (Å²) in [4.78, 5) is 23.7. The quantitative estimate of drug-likeness (QED) is 0.796. The van der Waals surface area contributed by atoms with E-state index in [-0.39, 0.29) is 18.2 Å². The Bertz CT molecular complexity index is 989. The summed E-state index contributed by atoms with van der Waals surface area (Å²) < 4.78 is 31.9. The highest BCUT2D eigenvalue weighted by Gasteiger charge is 2.35. The maximum atomic E-state index is 12.7. The first kappa shape index (κ1) is 19.7.